The summed E-state index contributed by atoms with van der Waals surface area (Å²) in [5.41, 5.74) is 3.95. The van der Waals surface area contributed by atoms with Gasteiger partial charge in [0.15, 0.2) is 5.82 Å². The third-order valence-corrected chi connectivity index (χ3v) is 5.82. The molecule has 7 heteroatoms. The molecule has 0 saturated heterocycles. The second-order valence-electron chi connectivity index (χ2n) is 6.45. The van der Waals surface area contributed by atoms with E-state index in [1.807, 2.05) is 47.7 Å². The van der Waals surface area contributed by atoms with E-state index in [-0.39, 0.29) is 5.91 Å². The van der Waals surface area contributed by atoms with Gasteiger partial charge < -0.3 is 9.47 Å². The summed E-state index contributed by atoms with van der Waals surface area (Å²) >= 11 is 1.63. The zero-order valence-electron chi connectivity index (χ0n) is 14.8. The van der Waals surface area contributed by atoms with Gasteiger partial charge in [-0.15, -0.1) is 21.5 Å². The number of carbonyl (C=O) groups excluding carboxylic acids is 1. The summed E-state index contributed by atoms with van der Waals surface area (Å²) in [7, 11) is 0. The molecule has 3 aromatic rings. The van der Waals surface area contributed by atoms with E-state index >= 15 is 0 Å². The van der Waals surface area contributed by atoms with Gasteiger partial charge in [-0.25, -0.2) is 4.98 Å². The number of amides is 1. The molecule has 2 aromatic heterocycles. The Morgan fingerprint density at radius 1 is 1.15 bits per heavy atom. The summed E-state index contributed by atoms with van der Waals surface area (Å²) in [6.07, 6.45) is 2.05. The monoisotopic (exact) mass is 367 g/mol. The molecule has 0 aliphatic carbocycles. The van der Waals surface area contributed by atoms with Gasteiger partial charge in [-0.3, -0.25) is 4.79 Å². The number of hydrogen-bond acceptors (Lipinski definition) is 5. The highest BCUT2D eigenvalue weighted by atomic mass is 32.1. The lowest BCUT2D eigenvalue weighted by Gasteiger charge is -2.20. The van der Waals surface area contributed by atoms with Crippen molar-refractivity contribution in [2.75, 3.05) is 13.1 Å². The smallest absolute Gasteiger partial charge is 0.223 e. The fourth-order valence-corrected chi connectivity index (χ4v) is 4.10. The maximum absolute atomic E-state index is 12.7. The molecule has 0 atom stereocenters. The van der Waals surface area contributed by atoms with Crippen LogP contribution in [0, 0.1) is 6.92 Å². The summed E-state index contributed by atoms with van der Waals surface area (Å²) in [4.78, 5) is 20.1. The van der Waals surface area contributed by atoms with Gasteiger partial charge >= 0.3 is 0 Å². The molecule has 0 fully saturated rings. The number of rotatable bonds is 4. The number of hydrogen-bond donors (Lipinski definition) is 0. The quantitative estimate of drug-likeness (QED) is 0.711. The molecule has 6 nitrogen and oxygen atoms in total. The van der Waals surface area contributed by atoms with Crippen LogP contribution in [0.1, 0.15) is 22.8 Å². The average Bonchev–Trinajstić information content (AvgIpc) is 3.20. The minimum Gasteiger partial charge on any atom is -0.340 e. The molecule has 0 N–H and O–H groups in total. The largest absolute Gasteiger partial charge is 0.340 e. The number of nitrogens with zero attached hydrogens (tertiary/aromatic N) is 5. The van der Waals surface area contributed by atoms with Crippen LogP contribution in [0.5, 0.6) is 0 Å². The molecule has 1 amide bonds. The van der Waals surface area contributed by atoms with E-state index < -0.39 is 0 Å². The molecule has 134 valence electrons. The van der Waals surface area contributed by atoms with Crippen LogP contribution in [0.2, 0.25) is 0 Å². The van der Waals surface area contributed by atoms with Crippen LogP contribution in [-0.4, -0.2) is 43.6 Å². The van der Waals surface area contributed by atoms with Crippen molar-refractivity contribution in [3.8, 4) is 11.4 Å². The number of aryl methyl sites for hydroxylation is 2. The Hall–Kier alpha value is -2.54. The van der Waals surface area contributed by atoms with Crippen molar-refractivity contribution in [3.63, 3.8) is 0 Å². The van der Waals surface area contributed by atoms with Gasteiger partial charge in [0, 0.05) is 42.9 Å². The van der Waals surface area contributed by atoms with Crippen molar-refractivity contribution in [3.05, 3.63) is 52.2 Å². The Kier molecular flexibility index (Phi) is 4.79. The van der Waals surface area contributed by atoms with E-state index in [1.54, 1.807) is 11.3 Å². The fourth-order valence-electron chi connectivity index (χ4n) is 3.32. The van der Waals surface area contributed by atoms with Crippen molar-refractivity contribution in [1.82, 2.24) is 24.6 Å². The Balaban J connectivity index is 1.43. The molecular formula is C19H21N5OS. The van der Waals surface area contributed by atoms with E-state index in [2.05, 4.69) is 19.7 Å². The number of carbonyl (C=O) groups is 1. The van der Waals surface area contributed by atoms with Gasteiger partial charge in [-0.1, -0.05) is 30.3 Å². The lowest BCUT2D eigenvalue weighted by atomic mass is 10.2. The molecule has 1 aromatic carbocycles. The van der Waals surface area contributed by atoms with Crippen molar-refractivity contribution in [1.29, 1.82) is 0 Å². The van der Waals surface area contributed by atoms with Crippen LogP contribution >= 0.6 is 11.3 Å². The topological polar surface area (TPSA) is 63.9 Å². The molecule has 0 radical (unpaired) electrons. The lowest BCUT2D eigenvalue weighted by molar-refractivity contribution is -0.131. The van der Waals surface area contributed by atoms with E-state index in [1.165, 1.54) is 4.88 Å². The molecule has 3 heterocycles. The summed E-state index contributed by atoms with van der Waals surface area (Å²) in [5.74, 6) is 2.05. The lowest BCUT2D eigenvalue weighted by Crippen LogP contribution is -2.33. The SMILES string of the molecule is Cc1ncsc1CCC(=O)N1CCc2nnc(-c3ccccc3)n2CC1. The standard InChI is InChI=1S/C19H21N5OS/c1-14-16(26-13-20-14)7-8-18(25)23-10-9-17-21-22-19(24(17)12-11-23)15-5-3-2-4-6-15/h2-6,13H,7-12H2,1H3. The number of fused-ring (bicyclic) bond motifs is 1. The van der Waals surface area contributed by atoms with Crippen molar-refractivity contribution in [2.45, 2.75) is 32.7 Å². The maximum atomic E-state index is 12.7. The molecule has 26 heavy (non-hydrogen) atoms. The Morgan fingerprint density at radius 2 is 2.00 bits per heavy atom. The second-order valence-corrected chi connectivity index (χ2v) is 7.39. The molecule has 0 unspecified atom stereocenters. The Labute approximate surface area is 156 Å². The molecule has 0 saturated carbocycles. The molecule has 4 rings (SSSR count). The van der Waals surface area contributed by atoms with Crippen LogP contribution in [-0.2, 0) is 24.2 Å². The highest BCUT2D eigenvalue weighted by Crippen LogP contribution is 2.21. The minimum atomic E-state index is 0.206. The molecular weight excluding hydrogens is 346 g/mol. The third kappa shape index (κ3) is 3.39. The van der Waals surface area contributed by atoms with Crippen molar-refractivity contribution in [2.24, 2.45) is 0 Å². The molecule has 0 spiro atoms. The van der Waals surface area contributed by atoms with Crippen LogP contribution in [0.3, 0.4) is 0 Å². The van der Waals surface area contributed by atoms with Gasteiger partial charge in [-0.2, -0.15) is 0 Å². The molecule has 1 aliphatic heterocycles. The predicted octanol–water partition coefficient (Wildman–Crippen LogP) is 2.73. The van der Waals surface area contributed by atoms with Crippen molar-refractivity contribution >= 4 is 17.2 Å². The van der Waals surface area contributed by atoms with Crippen LogP contribution in [0.25, 0.3) is 11.4 Å². The first kappa shape index (κ1) is 16.9. The van der Waals surface area contributed by atoms with E-state index in [0.717, 1.165) is 42.3 Å². The Morgan fingerprint density at radius 3 is 2.77 bits per heavy atom. The van der Waals surface area contributed by atoms with E-state index in [4.69, 9.17) is 0 Å². The first-order valence-corrected chi connectivity index (χ1v) is 9.74. The Bertz CT molecular complexity index is 902. The first-order chi connectivity index (χ1) is 12.7. The highest BCUT2D eigenvalue weighted by Gasteiger charge is 2.22. The summed E-state index contributed by atoms with van der Waals surface area (Å²) in [5, 5.41) is 8.72. The van der Waals surface area contributed by atoms with Gasteiger partial charge in [0.2, 0.25) is 5.91 Å². The van der Waals surface area contributed by atoms with Gasteiger partial charge in [0.1, 0.15) is 5.82 Å². The zero-order chi connectivity index (χ0) is 17.9. The second kappa shape index (κ2) is 7.37. The third-order valence-electron chi connectivity index (χ3n) is 4.82. The summed E-state index contributed by atoms with van der Waals surface area (Å²) in [6.45, 7) is 4.13. The van der Waals surface area contributed by atoms with E-state index in [9.17, 15) is 4.79 Å². The van der Waals surface area contributed by atoms with Gasteiger partial charge in [0.05, 0.1) is 11.2 Å². The maximum Gasteiger partial charge on any atom is 0.223 e. The average molecular weight is 367 g/mol. The molecule has 1 aliphatic rings. The van der Waals surface area contributed by atoms with Crippen molar-refractivity contribution < 1.29 is 4.79 Å². The first-order valence-electron chi connectivity index (χ1n) is 8.86. The van der Waals surface area contributed by atoms with Crippen LogP contribution < -0.4 is 0 Å². The number of aromatic nitrogens is 4. The summed E-state index contributed by atoms with van der Waals surface area (Å²) in [6, 6.07) is 10.1. The summed E-state index contributed by atoms with van der Waals surface area (Å²) < 4.78 is 2.15. The van der Waals surface area contributed by atoms with E-state index in [0.29, 0.717) is 19.5 Å². The molecule has 0 bridgehead atoms. The zero-order valence-corrected chi connectivity index (χ0v) is 15.6. The predicted molar refractivity (Wildman–Crippen MR) is 101 cm³/mol. The van der Waals surface area contributed by atoms with Gasteiger partial charge in [0.25, 0.3) is 0 Å². The fraction of sp³-hybridized carbons (Fsp3) is 0.368. The normalized spacial score (nSPS) is 14.1. The highest BCUT2D eigenvalue weighted by molar-refractivity contribution is 7.09. The van der Waals surface area contributed by atoms with Gasteiger partial charge in [-0.05, 0) is 13.3 Å². The minimum absolute atomic E-state index is 0.206. The van der Waals surface area contributed by atoms with Crippen LogP contribution in [0.15, 0.2) is 35.8 Å². The number of thiazole rings is 1. The van der Waals surface area contributed by atoms with Crippen LogP contribution in [0.4, 0.5) is 0 Å². The number of benzene rings is 1.